The van der Waals surface area contributed by atoms with Gasteiger partial charge in [-0.25, -0.2) is 4.98 Å². The Balaban J connectivity index is 1.57. The summed E-state index contributed by atoms with van der Waals surface area (Å²) in [5.74, 6) is -0.424. The Bertz CT molecular complexity index is 1200. The van der Waals surface area contributed by atoms with Crippen molar-refractivity contribution < 1.29 is 4.79 Å². The zero-order valence-electron chi connectivity index (χ0n) is 15.0. The van der Waals surface area contributed by atoms with Gasteiger partial charge in [0.2, 0.25) is 0 Å². The zero-order chi connectivity index (χ0) is 19.0. The van der Waals surface area contributed by atoms with E-state index in [0.717, 1.165) is 22.5 Å². The number of hydrogen-bond donors (Lipinski definition) is 1. The quantitative estimate of drug-likeness (QED) is 0.611. The number of carbonyl (C=O) groups is 1. The van der Waals surface area contributed by atoms with Crippen molar-refractivity contribution in [3.8, 4) is 11.3 Å². The predicted octanol–water partition coefficient (Wildman–Crippen LogP) is 3.26. The average molecular weight is 358 g/mol. The maximum absolute atomic E-state index is 12.4. The molecular formula is C21H18N4O2. The lowest BCUT2D eigenvalue weighted by molar-refractivity contribution is 0.102. The van der Waals surface area contributed by atoms with Gasteiger partial charge in [-0.05, 0) is 48.9 Å². The maximum atomic E-state index is 12.4. The number of hydrogen-bond acceptors (Lipinski definition) is 3. The Morgan fingerprint density at radius 3 is 2.63 bits per heavy atom. The Labute approximate surface area is 155 Å². The summed E-state index contributed by atoms with van der Waals surface area (Å²) in [6.07, 6.45) is 5.57. The normalized spacial score (nSPS) is 10.9. The van der Waals surface area contributed by atoms with Crippen molar-refractivity contribution >= 4 is 17.2 Å². The first-order valence-corrected chi connectivity index (χ1v) is 8.54. The Kier molecular flexibility index (Phi) is 4.08. The number of imidazole rings is 1. The molecule has 0 fully saturated rings. The van der Waals surface area contributed by atoms with E-state index in [1.54, 1.807) is 31.4 Å². The monoisotopic (exact) mass is 358 g/mol. The zero-order valence-corrected chi connectivity index (χ0v) is 15.0. The number of anilines is 1. The summed E-state index contributed by atoms with van der Waals surface area (Å²) in [5.41, 5.74) is 4.26. The summed E-state index contributed by atoms with van der Waals surface area (Å²) < 4.78 is 3.35. The molecule has 0 spiro atoms. The molecule has 3 aromatic heterocycles. The molecule has 3 heterocycles. The Hall–Kier alpha value is -3.67. The topological polar surface area (TPSA) is 68.4 Å². The van der Waals surface area contributed by atoms with E-state index in [0.29, 0.717) is 5.69 Å². The van der Waals surface area contributed by atoms with Crippen LogP contribution in [0.1, 0.15) is 15.9 Å². The molecule has 0 aliphatic heterocycles. The van der Waals surface area contributed by atoms with Crippen molar-refractivity contribution in [1.29, 1.82) is 0 Å². The van der Waals surface area contributed by atoms with Gasteiger partial charge >= 0.3 is 0 Å². The van der Waals surface area contributed by atoms with Crippen LogP contribution < -0.4 is 10.9 Å². The minimum absolute atomic E-state index is 0.111. The second-order valence-corrected chi connectivity index (χ2v) is 6.47. The van der Waals surface area contributed by atoms with Crippen LogP contribution in [0, 0.1) is 6.92 Å². The number of benzene rings is 1. The minimum atomic E-state index is -0.424. The summed E-state index contributed by atoms with van der Waals surface area (Å²) in [4.78, 5) is 29.0. The fourth-order valence-electron chi connectivity index (χ4n) is 2.92. The standard InChI is InChI=1S/C21H18N4O2/c1-14-9-11-25-13-18(23-19(25)12-14)15-5-7-16(8-6-15)22-20(26)17-4-3-10-24(2)21(17)27/h3-13H,1-2H3,(H,22,26). The van der Waals surface area contributed by atoms with Crippen LogP contribution in [0.2, 0.25) is 0 Å². The molecule has 0 radical (unpaired) electrons. The molecule has 0 unspecified atom stereocenters. The summed E-state index contributed by atoms with van der Waals surface area (Å²) in [6, 6.07) is 14.6. The van der Waals surface area contributed by atoms with Gasteiger partial charge in [-0.15, -0.1) is 0 Å². The van der Waals surface area contributed by atoms with Crippen LogP contribution >= 0.6 is 0 Å². The van der Waals surface area contributed by atoms with Crippen LogP contribution in [0.25, 0.3) is 16.9 Å². The number of carbonyl (C=O) groups excluding carboxylic acids is 1. The number of pyridine rings is 2. The van der Waals surface area contributed by atoms with E-state index in [4.69, 9.17) is 0 Å². The van der Waals surface area contributed by atoms with Gasteiger partial charge in [-0.2, -0.15) is 0 Å². The SMILES string of the molecule is Cc1ccn2cc(-c3ccc(NC(=O)c4cccn(C)c4=O)cc3)nc2c1. The van der Waals surface area contributed by atoms with Crippen molar-refractivity contribution in [2.24, 2.45) is 7.05 Å². The number of nitrogens with zero attached hydrogens (tertiary/aromatic N) is 3. The Morgan fingerprint density at radius 2 is 1.85 bits per heavy atom. The van der Waals surface area contributed by atoms with Crippen LogP contribution in [-0.4, -0.2) is 19.9 Å². The lowest BCUT2D eigenvalue weighted by Crippen LogP contribution is -2.26. The van der Waals surface area contributed by atoms with Crippen molar-refractivity contribution in [2.45, 2.75) is 6.92 Å². The van der Waals surface area contributed by atoms with Crippen LogP contribution in [-0.2, 0) is 7.05 Å². The van der Waals surface area contributed by atoms with Crippen LogP contribution in [0.4, 0.5) is 5.69 Å². The van der Waals surface area contributed by atoms with E-state index in [-0.39, 0.29) is 11.1 Å². The van der Waals surface area contributed by atoms with Crippen LogP contribution in [0.3, 0.4) is 0 Å². The summed E-state index contributed by atoms with van der Waals surface area (Å²) in [7, 11) is 1.62. The predicted molar refractivity (Wildman–Crippen MR) is 105 cm³/mol. The van der Waals surface area contributed by atoms with Crippen LogP contribution in [0.15, 0.2) is 71.9 Å². The van der Waals surface area contributed by atoms with Gasteiger partial charge in [0.1, 0.15) is 11.2 Å². The van der Waals surface area contributed by atoms with Gasteiger partial charge < -0.3 is 14.3 Å². The molecular weight excluding hydrogens is 340 g/mol. The van der Waals surface area contributed by atoms with Gasteiger partial charge in [0.25, 0.3) is 11.5 Å². The maximum Gasteiger partial charge on any atom is 0.263 e. The minimum Gasteiger partial charge on any atom is -0.322 e. The number of aromatic nitrogens is 3. The smallest absolute Gasteiger partial charge is 0.263 e. The molecule has 0 atom stereocenters. The summed E-state index contributed by atoms with van der Waals surface area (Å²) in [5, 5.41) is 2.76. The van der Waals surface area contributed by atoms with Gasteiger partial charge in [-0.3, -0.25) is 9.59 Å². The highest BCUT2D eigenvalue weighted by Gasteiger charge is 2.11. The lowest BCUT2D eigenvalue weighted by atomic mass is 10.1. The van der Waals surface area contributed by atoms with E-state index < -0.39 is 5.91 Å². The Morgan fingerprint density at radius 1 is 1.07 bits per heavy atom. The highest BCUT2D eigenvalue weighted by molar-refractivity contribution is 6.04. The van der Waals surface area contributed by atoms with Gasteiger partial charge in [-0.1, -0.05) is 12.1 Å². The number of nitrogens with one attached hydrogen (secondary N) is 1. The number of aryl methyl sites for hydroxylation is 2. The van der Waals surface area contributed by atoms with Crippen LogP contribution in [0.5, 0.6) is 0 Å². The highest BCUT2D eigenvalue weighted by Crippen LogP contribution is 2.22. The molecule has 0 bridgehead atoms. The number of amides is 1. The molecule has 4 rings (SSSR count). The lowest BCUT2D eigenvalue weighted by Gasteiger charge is -2.06. The molecule has 4 aromatic rings. The van der Waals surface area contributed by atoms with E-state index in [1.165, 1.54) is 10.6 Å². The fourth-order valence-corrected chi connectivity index (χ4v) is 2.92. The molecule has 0 saturated heterocycles. The van der Waals surface area contributed by atoms with E-state index in [2.05, 4.69) is 10.3 Å². The largest absolute Gasteiger partial charge is 0.322 e. The summed E-state index contributed by atoms with van der Waals surface area (Å²) in [6.45, 7) is 2.03. The third kappa shape index (κ3) is 3.25. The molecule has 1 amide bonds. The number of rotatable bonds is 3. The molecule has 27 heavy (non-hydrogen) atoms. The van der Waals surface area contributed by atoms with Crippen molar-refractivity contribution in [3.05, 3.63) is 88.6 Å². The molecule has 0 saturated carbocycles. The molecule has 6 nitrogen and oxygen atoms in total. The average Bonchev–Trinajstić information content (AvgIpc) is 3.07. The van der Waals surface area contributed by atoms with E-state index in [9.17, 15) is 9.59 Å². The second kappa shape index (κ2) is 6.57. The van der Waals surface area contributed by atoms with Gasteiger partial charge in [0.05, 0.1) is 5.69 Å². The second-order valence-electron chi connectivity index (χ2n) is 6.47. The van der Waals surface area contributed by atoms with E-state index >= 15 is 0 Å². The van der Waals surface area contributed by atoms with Crippen molar-refractivity contribution in [2.75, 3.05) is 5.32 Å². The fraction of sp³-hybridized carbons (Fsp3) is 0.0952. The number of fused-ring (bicyclic) bond motifs is 1. The molecule has 1 N–H and O–H groups in total. The molecule has 0 aliphatic carbocycles. The first kappa shape index (κ1) is 16.8. The molecule has 0 aliphatic rings. The molecule has 6 heteroatoms. The first-order valence-electron chi connectivity index (χ1n) is 8.54. The summed E-state index contributed by atoms with van der Waals surface area (Å²) >= 11 is 0. The van der Waals surface area contributed by atoms with Crippen molar-refractivity contribution in [1.82, 2.24) is 14.0 Å². The van der Waals surface area contributed by atoms with Gasteiger partial charge in [0, 0.05) is 36.9 Å². The molecule has 1 aromatic carbocycles. The third-order valence-electron chi connectivity index (χ3n) is 4.42. The third-order valence-corrected chi connectivity index (χ3v) is 4.42. The first-order chi connectivity index (χ1) is 13.0. The highest BCUT2D eigenvalue weighted by atomic mass is 16.2. The molecule has 134 valence electrons. The van der Waals surface area contributed by atoms with E-state index in [1.807, 2.05) is 48.0 Å². The van der Waals surface area contributed by atoms with Crippen molar-refractivity contribution in [3.63, 3.8) is 0 Å². The van der Waals surface area contributed by atoms with Gasteiger partial charge in [0.15, 0.2) is 0 Å².